The van der Waals surface area contributed by atoms with Crippen molar-refractivity contribution in [3.63, 3.8) is 0 Å². The van der Waals surface area contributed by atoms with Crippen molar-refractivity contribution in [2.45, 2.75) is 40.3 Å². The Morgan fingerprint density at radius 1 is 1.22 bits per heavy atom. The van der Waals surface area contributed by atoms with E-state index in [0.29, 0.717) is 12.0 Å². The first kappa shape index (κ1) is 15.3. The van der Waals surface area contributed by atoms with Crippen LogP contribution in [0.3, 0.4) is 0 Å². The van der Waals surface area contributed by atoms with Crippen molar-refractivity contribution < 1.29 is 0 Å². The normalized spacial score (nSPS) is 11.3. The van der Waals surface area contributed by atoms with Crippen LogP contribution in [0.5, 0.6) is 0 Å². The van der Waals surface area contributed by atoms with E-state index in [2.05, 4.69) is 56.1 Å². The van der Waals surface area contributed by atoms with Gasteiger partial charge in [-0.05, 0) is 44.5 Å². The van der Waals surface area contributed by atoms with E-state index in [0.717, 1.165) is 23.7 Å². The van der Waals surface area contributed by atoms with Crippen LogP contribution in [0.4, 0.5) is 5.69 Å². The smallest absolute Gasteiger partial charge is 0.0471 e. The van der Waals surface area contributed by atoms with Crippen LogP contribution in [-0.4, -0.2) is 19.6 Å². The van der Waals surface area contributed by atoms with E-state index in [4.69, 9.17) is 11.6 Å². The molecule has 0 radical (unpaired) electrons. The molecular formula is C15H25ClN2. The summed E-state index contributed by atoms with van der Waals surface area (Å²) < 4.78 is 0. The zero-order valence-electron chi connectivity index (χ0n) is 12.1. The Kier molecular flexibility index (Phi) is 5.97. The molecule has 0 saturated carbocycles. The second kappa shape index (κ2) is 7.01. The average Bonchev–Trinajstić information content (AvgIpc) is 2.28. The maximum atomic E-state index is 6.33. The summed E-state index contributed by atoms with van der Waals surface area (Å²) in [6.45, 7) is 10.8. The molecule has 0 unspecified atom stereocenters. The van der Waals surface area contributed by atoms with E-state index in [9.17, 15) is 0 Å². The Labute approximate surface area is 116 Å². The lowest BCUT2D eigenvalue weighted by molar-refractivity contribution is 0.571. The maximum Gasteiger partial charge on any atom is 0.0471 e. The fourth-order valence-corrected chi connectivity index (χ4v) is 2.30. The SMILES string of the molecule is CNCc1ccc(N(CC(C)C)C(C)C)cc1Cl. The first-order chi connectivity index (χ1) is 8.45. The third kappa shape index (κ3) is 4.18. The minimum Gasteiger partial charge on any atom is -0.369 e. The molecule has 1 rings (SSSR count). The lowest BCUT2D eigenvalue weighted by Gasteiger charge is -2.31. The fraction of sp³-hybridized carbons (Fsp3) is 0.600. The van der Waals surface area contributed by atoms with Gasteiger partial charge >= 0.3 is 0 Å². The van der Waals surface area contributed by atoms with Gasteiger partial charge in [-0.1, -0.05) is 31.5 Å². The molecule has 2 nitrogen and oxygen atoms in total. The maximum absolute atomic E-state index is 6.33. The highest BCUT2D eigenvalue weighted by Gasteiger charge is 2.13. The van der Waals surface area contributed by atoms with Crippen molar-refractivity contribution in [3.05, 3.63) is 28.8 Å². The molecule has 0 heterocycles. The van der Waals surface area contributed by atoms with Crippen molar-refractivity contribution in [1.82, 2.24) is 5.32 Å². The molecule has 102 valence electrons. The van der Waals surface area contributed by atoms with E-state index in [1.54, 1.807) is 0 Å². The van der Waals surface area contributed by atoms with Crippen LogP contribution in [0.1, 0.15) is 33.3 Å². The van der Waals surface area contributed by atoms with E-state index in [1.165, 1.54) is 5.69 Å². The topological polar surface area (TPSA) is 15.3 Å². The monoisotopic (exact) mass is 268 g/mol. The molecule has 0 saturated heterocycles. The molecule has 0 fully saturated rings. The molecule has 0 aliphatic carbocycles. The molecule has 0 bridgehead atoms. The van der Waals surface area contributed by atoms with Crippen molar-refractivity contribution in [3.8, 4) is 0 Å². The average molecular weight is 269 g/mol. The summed E-state index contributed by atoms with van der Waals surface area (Å²) in [4.78, 5) is 2.40. The van der Waals surface area contributed by atoms with Gasteiger partial charge in [0, 0.05) is 29.8 Å². The number of rotatable bonds is 6. The predicted molar refractivity (Wildman–Crippen MR) is 81.5 cm³/mol. The second-order valence-corrected chi connectivity index (χ2v) is 5.85. The van der Waals surface area contributed by atoms with E-state index < -0.39 is 0 Å². The largest absolute Gasteiger partial charge is 0.369 e. The number of hydrogen-bond donors (Lipinski definition) is 1. The van der Waals surface area contributed by atoms with Crippen molar-refractivity contribution in [2.24, 2.45) is 5.92 Å². The quantitative estimate of drug-likeness (QED) is 0.841. The van der Waals surface area contributed by atoms with E-state index >= 15 is 0 Å². The zero-order valence-corrected chi connectivity index (χ0v) is 12.9. The number of nitrogens with zero attached hydrogens (tertiary/aromatic N) is 1. The van der Waals surface area contributed by atoms with Crippen LogP contribution in [0.15, 0.2) is 18.2 Å². The van der Waals surface area contributed by atoms with Gasteiger partial charge in [-0.2, -0.15) is 0 Å². The second-order valence-electron chi connectivity index (χ2n) is 5.45. The summed E-state index contributed by atoms with van der Waals surface area (Å²) in [5.74, 6) is 0.642. The summed E-state index contributed by atoms with van der Waals surface area (Å²) in [6, 6.07) is 6.85. The Morgan fingerprint density at radius 3 is 2.33 bits per heavy atom. The molecule has 0 atom stereocenters. The van der Waals surface area contributed by atoms with Crippen molar-refractivity contribution >= 4 is 17.3 Å². The van der Waals surface area contributed by atoms with Gasteiger partial charge in [-0.15, -0.1) is 0 Å². The first-order valence-corrected chi connectivity index (χ1v) is 7.03. The van der Waals surface area contributed by atoms with E-state index in [-0.39, 0.29) is 0 Å². The third-order valence-corrected chi connectivity index (χ3v) is 3.27. The number of nitrogens with one attached hydrogen (secondary N) is 1. The van der Waals surface area contributed by atoms with Crippen LogP contribution in [0, 0.1) is 5.92 Å². The lowest BCUT2D eigenvalue weighted by atomic mass is 10.1. The van der Waals surface area contributed by atoms with Crippen LogP contribution < -0.4 is 10.2 Å². The van der Waals surface area contributed by atoms with Gasteiger partial charge in [-0.25, -0.2) is 0 Å². The Bertz CT molecular complexity index is 375. The Morgan fingerprint density at radius 2 is 1.89 bits per heavy atom. The molecule has 0 aliphatic heterocycles. The summed E-state index contributed by atoms with van der Waals surface area (Å²) in [6.07, 6.45) is 0. The van der Waals surface area contributed by atoms with Crippen molar-refractivity contribution in [2.75, 3.05) is 18.5 Å². The molecule has 0 aromatic heterocycles. The van der Waals surface area contributed by atoms with Crippen LogP contribution >= 0.6 is 11.6 Å². The molecule has 0 aliphatic rings. The van der Waals surface area contributed by atoms with Crippen molar-refractivity contribution in [1.29, 1.82) is 0 Å². The van der Waals surface area contributed by atoms with Gasteiger partial charge in [0.2, 0.25) is 0 Å². The zero-order chi connectivity index (χ0) is 13.7. The van der Waals surface area contributed by atoms with Gasteiger partial charge in [-0.3, -0.25) is 0 Å². The predicted octanol–water partition coefficient (Wildman–Crippen LogP) is 3.93. The summed E-state index contributed by atoms with van der Waals surface area (Å²) in [7, 11) is 1.93. The Hall–Kier alpha value is -0.730. The van der Waals surface area contributed by atoms with Gasteiger partial charge in [0.05, 0.1) is 0 Å². The van der Waals surface area contributed by atoms with Gasteiger partial charge in [0.1, 0.15) is 0 Å². The van der Waals surface area contributed by atoms with E-state index in [1.807, 2.05) is 7.05 Å². The number of hydrogen-bond acceptors (Lipinski definition) is 2. The number of anilines is 1. The molecule has 0 amide bonds. The molecule has 3 heteroatoms. The highest BCUT2D eigenvalue weighted by molar-refractivity contribution is 6.31. The molecular weight excluding hydrogens is 244 g/mol. The molecule has 1 aromatic carbocycles. The summed E-state index contributed by atoms with van der Waals surface area (Å²) >= 11 is 6.33. The fourth-order valence-electron chi connectivity index (χ4n) is 2.06. The Balaban J connectivity index is 2.95. The molecule has 1 N–H and O–H groups in total. The van der Waals surface area contributed by atoms with Gasteiger partial charge in [0.25, 0.3) is 0 Å². The summed E-state index contributed by atoms with van der Waals surface area (Å²) in [5, 5.41) is 3.97. The van der Waals surface area contributed by atoms with Crippen LogP contribution in [-0.2, 0) is 6.54 Å². The minimum atomic E-state index is 0.485. The highest BCUT2D eigenvalue weighted by atomic mass is 35.5. The third-order valence-electron chi connectivity index (χ3n) is 2.92. The minimum absolute atomic E-state index is 0.485. The van der Waals surface area contributed by atoms with Crippen LogP contribution in [0.2, 0.25) is 5.02 Å². The molecule has 1 aromatic rings. The number of benzene rings is 1. The van der Waals surface area contributed by atoms with Gasteiger partial charge in [0.15, 0.2) is 0 Å². The number of halogens is 1. The molecule has 0 spiro atoms. The van der Waals surface area contributed by atoms with Crippen LogP contribution in [0.25, 0.3) is 0 Å². The highest BCUT2D eigenvalue weighted by Crippen LogP contribution is 2.25. The lowest BCUT2D eigenvalue weighted by Crippen LogP contribution is -2.34. The standard InChI is InChI=1S/C15H25ClN2/c1-11(2)10-18(12(3)4)14-7-6-13(9-17-5)15(16)8-14/h6-8,11-12,17H,9-10H2,1-5H3. The first-order valence-electron chi connectivity index (χ1n) is 6.65. The summed E-state index contributed by atoms with van der Waals surface area (Å²) in [5.41, 5.74) is 2.36. The van der Waals surface area contributed by atoms with Gasteiger partial charge < -0.3 is 10.2 Å². The molecule has 18 heavy (non-hydrogen) atoms.